The Balaban J connectivity index is 2.20. The van der Waals surface area contributed by atoms with Crippen molar-refractivity contribution in [3.63, 3.8) is 0 Å². The normalized spacial score (nSPS) is 23.5. The molecule has 1 aliphatic heterocycles. The minimum atomic E-state index is 0.330. The molecule has 0 spiro atoms. The van der Waals surface area contributed by atoms with Crippen molar-refractivity contribution in [1.82, 2.24) is 9.80 Å². The summed E-state index contributed by atoms with van der Waals surface area (Å²) in [6.45, 7) is 6.31. The van der Waals surface area contributed by atoms with Gasteiger partial charge in [-0.05, 0) is 31.2 Å². The van der Waals surface area contributed by atoms with E-state index < -0.39 is 0 Å². The molecule has 19 heavy (non-hydrogen) atoms. The molecule has 3 nitrogen and oxygen atoms in total. The maximum Gasteiger partial charge on any atom is 0.0474 e. The number of benzene rings is 1. The van der Waals surface area contributed by atoms with Gasteiger partial charge in [0.15, 0.2) is 0 Å². The van der Waals surface area contributed by atoms with Gasteiger partial charge in [-0.25, -0.2) is 0 Å². The first kappa shape index (κ1) is 15.0. The van der Waals surface area contributed by atoms with Gasteiger partial charge in [0.25, 0.3) is 0 Å². The quantitative estimate of drug-likeness (QED) is 0.923. The van der Waals surface area contributed by atoms with Crippen LogP contribution in [0.4, 0.5) is 0 Å². The Kier molecular flexibility index (Phi) is 5.39. The van der Waals surface area contributed by atoms with E-state index in [1.54, 1.807) is 0 Å². The van der Waals surface area contributed by atoms with Gasteiger partial charge >= 0.3 is 0 Å². The van der Waals surface area contributed by atoms with Crippen LogP contribution >= 0.6 is 15.9 Å². The van der Waals surface area contributed by atoms with Crippen molar-refractivity contribution in [2.45, 2.75) is 25.4 Å². The zero-order valence-corrected chi connectivity index (χ0v) is 13.4. The first-order chi connectivity index (χ1) is 9.15. The van der Waals surface area contributed by atoms with Crippen molar-refractivity contribution < 1.29 is 0 Å². The number of piperazine rings is 1. The Morgan fingerprint density at radius 2 is 2.21 bits per heavy atom. The van der Waals surface area contributed by atoms with Crippen molar-refractivity contribution in [3.05, 3.63) is 34.3 Å². The Morgan fingerprint density at radius 3 is 2.84 bits per heavy atom. The number of hydrogen-bond donors (Lipinski definition) is 1. The van der Waals surface area contributed by atoms with E-state index in [-0.39, 0.29) is 0 Å². The van der Waals surface area contributed by atoms with E-state index in [0.717, 1.165) is 24.1 Å². The molecular formula is C15H24BrN3. The van der Waals surface area contributed by atoms with Crippen molar-refractivity contribution in [1.29, 1.82) is 0 Å². The Morgan fingerprint density at radius 1 is 1.42 bits per heavy atom. The largest absolute Gasteiger partial charge is 0.329 e. The average molecular weight is 326 g/mol. The van der Waals surface area contributed by atoms with Gasteiger partial charge < -0.3 is 10.6 Å². The summed E-state index contributed by atoms with van der Waals surface area (Å²) in [5.41, 5.74) is 7.39. The molecule has 1 heterocycles. The highest BCUT2D eigenvalue weighted by Crippen LogP contribution is 2.27. The third kappa shape index (κ3) is 3.57. The van der Waals surface area contributed by atoms with Crippen LogP contribution in [0.1, 0.15) is 24.9 Å². The fraction of sp³-hybridized carbons (Fsp3) is 0.600. The smallest absolute Gasteiger partial charge is 0.0474 e. The second-order valence-electron chi connectivity index (χ2n) is 5.37. The zero-order chi connectivity index (χ0) is 13.8. The number of halogens is 1. The highest BCUT2D eigenvalue weighted by atomic mass is 79.9. The van der Waals surface area contributed by atoms with Gasteiger partial charge in [-0.2, -0.15) is 0 Å². The van der Waals surface area contributed by atoms with Crippen molar-refractivity contribution >= 4 is 15.9 Å². The molecule has 1 aromatic rings. The molecule has 4 heteroatoms. The van der Waals surface area contributed by atoms with Gasteiger partial charge in [0.05, 0.1) is 0 Å². The lowest BCUT2D eigenvalue weighted by Crippen LogP contribution is -2.53. The summed E-state index contributed by atoms with van der Waals surface area (Å²) in [7, 11) is 2.20. The predicted molar refractivity (Wildman–Crippen MR) is 84.2 cm³/mol. The van der Waals surface area contributed by atoms with Crippen LogP contribution in [0.25, 0.3) is 0 Å². The highest BCUT2D eigenvalue weighted by Gasteiger charge is 2.29. The first-order valence-corrected chi connectivity index (χ1v) is 7.84. The van der Waals surface area contributed by atoms with Crippen LogP contribution in [0.15, 0.2) is 28.7 Å². The first-order valence-electron chi connectivity index (χ1n) is 7.05. The van der Waals surface area contributed by atoms with Crippen molar-refractivity contribution in [2.75, 3.05) is 33.2 Å². The third-order valence-electron chi connectivity index (χ3n) is 4.06. The average Bonchev–Trinajstić information content (AvgIpc) is 2.41. The summed E-state index contributed by atoms with van der Waals surface area (Å²) in [6.07, 6.45) is 1.18. The summed E-state index contributed by atoms with van der Waals surface area (Å²) in [4.78, 5) is 5.00. The molecule has 1 aliphatic rings. The molecule has 2 unspecified atom stereocenters. The van der Waals surface area contributed by atoms with Crippen LogP contribution < -0.4 is 5.73 Å². The van der Waals surface area contributed by atoms with Crippen LogP contribution in [0.2, 0.25) is 0 Å². The van der Waals surface area contributed by atoms with Crippen LogP contribution in [-0.4, -0.2) is 49.1 Å². The molecule has 2 N–H and O–H groups in total. The van der Waals surface area contributed by atoms with E-state index in [1.165, 1.54) is 12.0 Å². The van der Waals surface area contributed by atoms with E-state index in [9.17, 15) is 0 Å². The molecule has 106 valence electrons. The summed E-state index contributed by atoms with van der Waals surface area (Å²) in [6, 6.07) is 9.48. The highest BCUT2D eigenvalue weighted by molar-refractivity contribution is 9.10. The lowest BCUT2D eigenvalue weighted by atomic mass is 10.0. The van der Waals surface area contributed by atoms with Gasteiger partial charge in [0.2, 0.25) is 0 Å². The molecule has 0 amide bonds. The minimum Gasteiger partial charge on any atom is -0.329 e. The SMILES string of the molecule is CCC1CN(C)CCN1C(CN)c1cccc(Br)c1. The molecular weight excluding hydrogens is 302 g/mol. The van der Waals surface area contributed by atoms with Gasteiger partial charge in [-0.15, -0.1) is 0 Å². The summed E-state index contributed by atoms with van der Waals surface area (Å²) in [5, 5.41) is 0. The Bertz CT molecular complexity index is 410. The van der Waals surface area contributed by atoms with E-state index >= 15 is 0 Å². The van der Waals surface area contributed by atoms with E-state index in [0.29, 0.717) is 18.6 Å². The monoisotopic (exact) mass is 325 g/mol. The molecule has 0 bridgehead atoms. The number of nitrogens with zero attached hydrogens (tertiary/aromatic N) is 2. The predicted octanol–water partition coefficient (Wildman–Crippen LogP) is 2.47. The fourth-order valence-electron chi connectivity index (χ4n) is 2.98. The second kappa shape index (κ2) is 6.84. The van der Waals surface area contributed by atoms with E-state index in [1.807, 2.05) is 0 Å². The summed E-state index contributed by atoms with van der Waals surface area (Å²) in [5.74, 6) is 0. The van der Waals surface area contributed by atoms with Gasteiger partial charge in [-0.3, -0.25) is 4.90 Å². The van der Waals surface area contributed by atoms with Crippen LogP contribution in [0.3, 0.4) is 0 Å². The van der Waals surface area contributed by atoms with Crippen LogP contribution in [0, 0.1) is 0 Å². The molecule has 0 aromatic heterocycles. The Hall–Kier alpha value is -0.420. The molecule has 2 atom stereocenters. The number of likely N-dealkylation sites (N-methyl/N-ethyl adjacent to an activating group) is 1. The maximum absolute atomic E-state index is 6.07. The molecule has 2 rings (SSSR count). The van der Waals surface area contributed by atoms with Crippen molar-refractivity contribution in [3.8, 4) is 0 Å². The molecule has 0 saturated carbocycles. The molecule has 0 radical (unpaired) electrons. The van der Waals surface area contributed by atoms with Crippen molar-refractivity contribution in [2.24, 2.45) is 5.73 Å². The molecule has 1 saturated heterocycles. The summed E-state index contributed by atoms with van der Waals surface area (Å²) < 4.78 is 1.13. The van der Waals surface area contributed by atoms with Gasteiger partial charge in [0.1, 0.15) is 0 Å². The lowest BCUT2D eigenvalue weighted by molar-refractivity contribution is 0.0521. The van der Waals surface area contributed by atoms with Gasteiger partial charge in [-0.1, -0.05) is 35.0 Å². The van der Waals surface area contributed by atoms with Crippen LogP contribution in [-0.2, 0) is 0 Å². The minimum absolute atomic E-state index is 0.330. The van der Waals surface area contributed by atoms with E-state index in [4.69, 9.17) is 5.73 Å². The molecule has 0 aliphatic carbocycles. The standard InChI is InChI=1S/C15H24BrN3/c1-3-14-11-18(2)7-8-19(14)15(10-17)12-5-4-6-13(16)9-12/h4-6,9,14-15H,3,7-8,10-11,17H2,1-2H3. The number of hydrogen-bond acceptors (Lipinski definition) is 3. The van der Waals surface area contributed by atoms with Crippen LogP contribution in [0.5, 0.6) is 0 Å². The summed E-state index contributed by atoms with van der Waals surface area (Å²) >= 11 is 3.56. The maximum atomic E-state index is 6.07. The number of rotatable bonds is 4. The molecule has 1 aromatic carbocycles. The second-order valence-corrected chi connectivity index (χ2v) is 6.28. The molecule has 1 fully saturated rings. The zero-order valence-electron chi connectivity index (χ0n) is 11.8. The lowest BCUT2D eigenvalue weighted by Gasteiger charge is -2.44. The third-order valence-corrected chi connectivity index (χ3v) is 4.55. The Labute approximate surface area is 124 Å². The van der Waals surface area contributed by atoms with E-state index in [2.05, 4.69) is 64.0 Å². The van der Waals surface area contributed by atoms with Gasteiger partial charge in [0, 0.05) is 42.7 Å². The number of nitrogens with two attached hydrogens (primary N) is 1. The fourth-order valence-corrected chi connectivity index (χ4v) is 3.39. The topological polar surface area (TPSA) is 32.5 Å².